The molecule has 6 heteroatoms. The highest BCUT2D eigenvalue weighted by molar-refractivity contribution is 6.30. The SMILES string of the molecule is O=C1Oc2cc(O)cc(O)c2C(=O)C1c1ccc(Cl)cc1. The van der Waals surface area contributed by atoms with Gasteiger partial charge in [0.25, 0.3) is 0 Å². The molecule has 5 nitrogen and oxygen atoms in total. The molecule has 1 unspecified atom stereocenters. The molecular weight excluding hydrogens is 296 g/mol. The van der Waals surface area contributed by atoms with Gasteiger partial charge in [-0.2, -0.15) is 0 Å². The quantitative estimate of drug-likeness (QED) is 0.481. The third-order valence-corrected chi connectivity index (χ3v) is 3.48. The first kappa shape index (κ1) is 13.5. The van der Waals surface area contributed by atoms with Crippen LogP contribution in [-0.4, -0.2) is 22.0 Å². The van der Waals surface area contributed by atoms with Gasteiger partial charge in [0, 0.05) is 17.2 Å². The average Bonchev–Trinajstić information content (AvgIpc) is 2.39. The van der Waals surface area contributed by atoms with Gasteiger partial charge in [0.2, 0.25) is 0 Å². The molecule has 2 aromatic carbocycles. The smallest absolute Gasteiger partial charge is 0.326 e. The summed E-state index contributed by atoms with van der Waals surface area (Å²) in [6.07, 6.45) is 0. The van der Waals surface area contributed by atoms with Crippen molar-refractivity contribution in [3.63, 3.8) is 0 Å². The van der Waals surface area contributed by atoms with Crippen molar-refractivity contribution in [2.24, 2.45) is 0 Å². The van der Waals surface area contributed by atoms with Crippen LogP contribution in [0.1, 0.15) is 21.8 Å². The summed E-state index contributed by atoms with van der Waals surface area (Å²) >= 11 is 5.78. The number of esters is 1. The Kier molecular flexibility index (Phi) is 3.07. The maximum Gasteiger partial charge on any atom is 0.326 e. The van der Waals surface area contributed by atoms with Gasteiger partial charge in [-0.1, -0.05) is 23.7 Å². The van der Waals surface area contributed by atoms with E-state index in [9.17, 15) is 19.8 Å². The zero-order valence-electron chi connectivity index (χ0n) is 10.5. The van der Waals surface area contributed by atoms with Gasteiger partial charge in [0.05, 0.1) is 0 Å². The van der Waals surface area contributed by atoms with Crippen LogP contribution in [-0.2, 0) is 4.79 Å². The van der Waals surface area contributed by atoms with Crippen LogP contribution in [0.3, 0.4) is 0 Å². The Labute approximate surface area is 124 Å². The molecular formula is C15H9ClO5. The Morgan fingerprint density at radius 2 is 1.71 bits per heavy atom. The second-order valence-electron chi connectivity index (χ2n) is 4.61. The van der Waals surface area contributed by atoms with Crippen LogP contribution in [0.25, 0.3) is 0 Å². The molecule has 0 saturated carbocycles. The largest absolute Gasteiger partial charge is 0.508 e. The number of ketones is 1. The lowest BCUT2D eigenvalue weighted by Crippen LogP contribution is -2.31. The van der Waals surface area contributed by atoms with Gasteiger partial charge < -0.3 is 14.9 Å². The third kappa shape index (κ3) is 2.21. The van der Waals surface area contributed by atoms with Gasteiger partial charge in [-0.05, 0) is 17.7 Å². The highest BCUT2D eigenvalue weighted by Gasteiger charge is 2.39. The van der Waals surface area contributed by atoms with E-state index in [1.54, 1.807) is 24.3 Å². The number of phenols is 2. The summed E-state index contributed by atoms with van der Waals surface area (Å²) in [4.78, 5) is 24.5. The number of Topliss-reactive ketones (excluding diaryl/α,β-unsaturated/α-hetero) is 1. The lowest BCUT2D eigenvalue weighted by molar-refractivity contribution is -0.135. The molecule has 2 aromatic rings. The van der Waals surface area contributed by atoms with Crippen LogP contribution >= 0.6 is 11.6 Å². The van der Waals surface area contributed by atoms with Crippen molar-refractivity contribution in [2.75, 3.05) is 0 Å². The van der Waals surface area contributed by atoms with Crippen molar-refractivity contribution < 1.29 is 24.5 Å². The van der Waals surface area contributed by atoms with Crippen LogP contribution in [0.15, 0.2) is 36.4 Å². The monoisotopic (exact) mass is 304 g/mol. The molecule has 3 rings (SSSR count). The number of phenolic OH excluding ortho intramolecular Hbond substituents is 2. The van der Waals surface area contributed by atoms with Gasteiger partial charge in [-0.3, -0.25) is 9.59 Å². The Hall–Kier alpha value is -2.53. The van der Waals surface area contributed by atoms with Crippen molar-refractivity contribution >= 4 is 23.4 Å². The number of fused-ring (bicyclic) bond motifs is 1. The Bertz CT molecular complexity index is 751. The van der Waals surface area contributed by atoms with Crippen LogP contribution in [0, 0.1) is 0 Å². The van der Waals surface area contributed by atoms with E-state index < -0.39 is 23.4 Å². The molecule has 21 heavy (non-hydrogen) atoms. The lowest BCUT2D eigenvalue weighted by atomic mass is 9.88. The maximum absolute atomic E-state index is 12.5. The average molecular weight is 305 g/mol. The number of rotatable bonds is 1. The van der Waals surface area contributed by atoms with Crippen molar-refractivity contribution in [3.8, 4) is 17.2 Å². The molecule has 1 heterocycles. The molecule has 0 bridgehead atoms. The van der Waals surface area contributed by atoms with Crippen LogP contribution < -0.4 is 4.74 Å². The first-order valence-corrected chi connectivity index (χ1v) is 6.42. The summed E-state index contributed by atoms with van der Waals surface area (Å²) in [7, 11) is 0. The normalized spacial score (nSPS) is 17.3. The van der Waals surface area contributed by atoms with Crippen LogP contribution in [0.4, 0.5) is 0 Å². The molecule has 0 aromatic heterocycles. The first-order valence-electron chi connectivity index (χ1n) is 6.04. The molecule has 1 aliphatic heterocycles. The molecule has 106 valence electrons. The summed E-state index contributed by atoms with van der Waals surface area (Å²) in [5, 5.41) is 19.7. The minimum Gasteiger partial charge on any atom is -0.508 e. The first-order chi connectivity index (χ1) is 9.97. The molecule has 0 saturated heterocycles. The van der Waals surface area contributed by atoms with Gasteiger partial charge >= 0.3 is 5.97 Å². The molecule has 0 spiro atoms. The van der Waals surface area contributed by atoms with Crippen LogP contribution in [0.2, 0.25) is 5.02 Å². The molecule has 0 fully saturated rings. The molecule has 0 radical (unpaired) electrons. The second kappa shape index (κ2) is 4.79. The minimum atomic E-state index is -1.16. The molecule has 2 N–H and O–H groups in total. The van der Waals surface area contributed by atoms with Gasteiger partial charge in [0.1, 0.15) is 28.7 Å². The zero-order valence-corrected chi connectivity index (χ0v) is 11.3. The van der Waals surface area contributed by atoms with Crippen LogP contribution in [0.5, 0.6) is 17.2 Å². The number of carbonyl (C=O) groups excluding carboxylic acids is 2. The summed E-state index contributed by atoms with van der Waals surface area (Å²) in [5.41, 5.74) is 0.305. The van der Waals surface area contributed by atoms with E-state index in [4.69, 9.17) is 16.3 Å². The summed E-state index contributed by atoms with van der Waals surface area (Å²) in [6.45, 7) is 0. The summed E-state index contributed by atoms with van der Waals surface area (Å²) in [5.74, 6) is -3.38. The topological polar surface area (TPSA) is 83.8 Å². The summed E-state index contributed by atoms with van der Waals surface area (Å²) in [6, 6.07) is 8.36. The number of aromatic hydroxyl groups is 2. The standard InChI is InChI=1S/C15H9ClO5/c16-8-3-1-7(2-4-8)12-14(19)13-10(18)5-9(17)6-11(13)21-15(12)20/h1-6,12,17-18H. The number of halogens is 1. The van der Waals surface area contributed by atoms with E-state index in [0.717, 1.165) is 12.1 Å². The Morgan fingerprint density at radius 3 is 2.38 bits per heavy atom. The van der Waals surface area contributed by atoms with Crippen molar-refractivity contribution in [3.05, 3.63) is 52.5 Å². The van der Waals surface area contributed by atoms with E-state index >= 15 is 0 Å². The summed E-state index contributed by atoms with van der Waals surface area (Å²) < 4.78 is 5.05. The lowest BCUT2D eigenvalue weighted by Gasteiger charge is -2.23. The molecule has 0 aliphatic carbocycles. The maximum atomic E-state index is 12.5. The van der Waals surface area contributed by atoms with E-state index in [0.29, 0.717) is 10.6 Å². The Morgan fingerprint density at radius 1 is 1.05 bits per heavy atom. The fourth-order valence-corrected chi connectivity index (χ4v) is 2.40. The van der Waals surface area contributed by atoms with Crippen molar-refractivity contribution in [1.82, 2.24) is 0 Å². The predicted molar refractivity (Wildman–Crippen MR) is 73.9 cm³/mol. The Balaban J connectivity index is 2.11. The third-order valence-electron chi connectivity index (χ3n) is 3.22. The fraction of sp³-hybridized carbons (Fsp3) is 0.0667. The number of hydrogen-bond acceptors (Lipinski definition) is 5. The molecule has 1 aliphatic rings. The molecule has 0 amide bonds. The number of carbonyl (C=O) groups is 2. The van der Waals surface area contributed by atoms with E-state index in [1.807, 2.05) is 0 Å². The van der Waals surface area contributed by atoms with E-state index in [2.05, 4.69) is 0 Å². The van der Waals surface area contributed by atoms with E-state index in [-0.39, 0.29) is 17.1 Å². The van der Waals surface area contributed by atoms with Crippen molar-refractivity contribution in [1.29, 1.82) is 0 Å². The van der Waals surface area contributed by atoms with Gasteiger partial charge in [0.15, 0.2) is 5.78 Å². The van der Waals surface area contributed by atoms with Gasteiger partial charge in [-0.15, -0.1) is 0 Å². The predicted octanol–water partition coefficient (Wildman–Crippen LogP) is 2.64. The highest BCUT2D eigenvalue weighted by atomic mass is 35.5. The van der Waals surface area contributed by atoms with E-state index in [1.165, 1.54) is 0 Å². The molecule has 1 atom stereocenters. The number of benzene rings is 2. The zero-order chi connectivity index (χ0) is 15.1. The number of hydrogen-bond donors (Lipinski definition) is 2. The number of ether oxygens (including phenoxy) is 1. The van der Waals surface area contributed by atoms with Gasteiger partial charge in [-0.25, -0.2) is 0 Å². The fourth-order valence-electron chi connectivity index (χ4n) is 2.28. The second-order valence-corrected chi connectivity index (χ2v) is 5.04. The minimum absolute atomic E-state index is 0.118. The highest BCUT2D eigenvalue weighted by Crippen LogP contribution is 2.40. The van der Waals surface area contributed by atoms with Crippen molar-refractivity contribution in [2.45, 2.75) is 5.92 Å².